The van der Waals surface area contributed by atoms with Gasteiger partial charge < -0.3 is 10.4 Å². The van der Waals surface area contributed by atoms with E-state index in [0.717, 1.165) is 16.8 Å². The Morgan fingerprint density at radius 2 is 1.92 bits per heavy atom. The van der Waals surface area contributed by atoms with E-state index in [9.17, 15) is 9.90 Å². The molecule has 0 aliphatic heterocycles. The minimum Gasteiger partial charge on any atom is -0.388 e. The molecule has 1 heterocycles. The zero-order valence-electron chi connectivity index (χ0n) is 15.1. The molecule has 0 radical (unpaired) electrons. The number of nitrogens with zero attached hydrogens (tertiary/aromatic N) is 1. The molecule has 0 saturated carbocycles. The summed E-state index contributed by atoms with van der Waals surface area (Å²) in [6, 6.07) is 8.91. The molecule has 2 N–H and O–H groups in total. The van der Waals surface area contributed by atoms with Gasteiger partial charge in [-0.25, -0.2) is 0 Å². The van der Waals surface area contributed by atoms with E-state index in [0.29, 0.717) is 23.6 Å². The van der Waals surface area contributed by atoms with Gasteiger partial charge >= 0.3 is 0 Å². The maximum absolute atomic E-state index is 12.5. The summed E-state index contributed by atoms with van der Waals surface area (Å²) in [6.45, 7) is 8.45. The van der Waals surface area contributed by atoms with Crippen LogP contribution in [0.2, 0.25) is 5.02 Å². The van der Waals surface area contributed by atoms with Crippen molar-refractivity contribution in [2.75, 3.05) is 6.54 Å². The van der Waals surface area contributed by atoms with Crippen LogP contribution in [-0.4, -0.2) is 22.5 Å². The van der Waals surface area contributed by atoms with E-state index in [1.165, 1.54) is 0 Å². The highest BCUT2D eigenvalue weighted by Gasteiger charge is 2.19. The van der Waals surface area contributed by atoms with Gasteiger partial charge in [-0.1, -0.05) is 44.5 Å². The van der Waals surface area contributed by atoms with Crippen molar-refractivity contribution in [1.82, 2.24) is 10.3 Å². The normalized spacial score (nSPS) is 12.7. The van der Waals surface area contributed by atoms with Gasteiger partial charge in [-0.3, -0.25) is 9.78 Å². The van der Waals surface area contributed by atoms with E-state index < -0.39 is 6.10 Å². The van der Waals surface area contributed by atoms with Crippen molar-refractivity contribution in [2.45, 2.75) is 45.6 Å². The minimum atomic E-state index is -0.638. The molecule has 0 aliphatic rings. The summed E-state index contributed by atoms with van der Waals surface area (Å²) in [7, 11) is 0. The lowest BCUT2D eigenvalue weighted by Gasteiger charge is -2.19. The fourth-order valence-electron chi connectivity index (χ4n) is 2.45. The number of carbonyl (C=O) groups excluding carboxylic acids is 1. The molecule has 2 rings (SSSR count). The molecular formula is C20H25ClN2O2. The number of aryl methyl sites for hydroxylation is 1. The van der Waals surface area contributed by atoms with Gasteiger partial charge in [0.2, 0.25) is 0 Å². The van der Waals surface area contributed by atoms with E-state index in [-0.39, 0.29) is 11.3 Å². The first kappa shape index (κ1) is 19.4. The van der Waals surface area contributed by atoms with E-state index >= 15 is 0 Å². The minimum absolute atomic E-state index is 0.118. The van der Waals surface area contributed by atoms with Crippen LogP contribution in [0.4, 0.5) is 0 Å². The first-order chi connectivity index (χ1) is 11.7. The predicted molar refractivity (Wildman–Crippen MR) is 101 cm³/mol. The molecule has 0 saturated heterocycles. The van der Waals surface area contributed by atoms with Crippen LogP contribution in [0.3, 0.4) is 0 Å². The first-order valence-corrected chi connectivity index (χ1v) is 8.75. The maximum Gasteiger partial charge on any atom is 0.251 e. The van der Waals surface area contributed by atoms with Crippen molar-refractivity contribution in [3.8, 4) is 0 Å². The molecule has 25 heavy (non-hydrogen) atoms. The van der Waals surface area contributed by atoms with Crippen LogP contribution >= 0.6 is 11.6 Å². The van der Waals surface area contributed by atoms with Crippen LogP contribution in [0, 0.1) is 6.92 Å². The second kappa shape index (κ2) is 7.98. The van der Waals surface area contributed by atoms with Crippen molar-refractivity contribution in [1.29, 1.82) is 0 Å². The van der Waals surface area contributed by atoms with Crippen LogP contribution in [0.15, 0.2) is 36.5 Å². The van der Waals surface area contributed by atoms with Gasteiger partial charge in [-0.05, 0) is 42.7 Å². The number of benzene rings is 1. The summed E-state index contributed by atoms with van der Waals surface area (Å²) in [5.41, 5.74) is 3.01. The lowest BCUT2D eigenvalue weighted by atomic mass is 9.90. The third-order valence-electron chi connectivity index (χ3n) is 4.07. The molecule has 1 atom stereocenters. The first-order valence-electron chi connectivity index (χ1n) is 8.37. The van der Waals surface area contributed by atoms with Gasteiger partial charge in [-0.2, -0.15) is 0 Å². The van der Waals surface area contributed by atoms with E-state index in [1.54, 1.807) is 30.5 Å². The Bertz CT molecular complexity index is 736. The highest BCUT2D eigenvalue weighted by molar-refractivity contribution is 6.30. The van der Waals surface area contributed by atoms with Crippen molar-refractivity contribution < 1.29 is 9.90 Å². The molecule has 0 aliphatic carbocycles. The van der Waals surface area contributed by atoms with E-state index in [4.69, 9.17) is 11.6 Å². The number of hydrogen-bond donors (Lipinski definition) is 2. The molecule has 0 spiro atoms. The van der Waals surface area contributed by atoms with E-state index in [1.807, 2.05) is 13.0 Å². The molecule has 2 aromatic rings. The number of aliphatic hydroxyl groups is 1. The molecule has 1 amide bonds. The quantitative estimate of drug-likeness (QED) is 0.840. The fraction of sp³-hybridized carbons (Fsp3) is 0.400. The van der Waals surface area contributed by atoms with Crippen molar-refractivity contribution in [3.63, 3.8) is 0 Å². The van der Waals surface area contributed by atoms with Gasteiger partial charge in [-0.15, -0.1) is 0 Å². The highest BCUT2D eigenvalue weighted by Crippen LogP contribution is 2.22. The second-order valence-corrected chi connectivity index (χ2v) is 7.68. The van der Waals surface area contributed by atoms with Gasteiger partial charge in [0.25, 0.3) is 5.91 Å². The molecule has 134 valence electrons. The Hall–Kier alpha value is -1.91. The summed E-state index contributed by atoms with van der Waals surface area (Å²) in [6.07, 6.45) is 1.53. The molecule has 5 heteroatoms. The average molecular weight is 361 g/mol. The van der Waals surface area contributed by atoms with Crippen LogP contribution < -0.4 is 5.32 Å². The standard InChI is InChI=1S/C20H25ClN2O2/c1-13-12-23-18(20(2,3)4)11-16(13)19(25)22-10-9-17(24)14-5-7-15(21)8-6-14/h5-8,11-12,17,24H,9-10H2,1-4H3,(H,22,25)/t17-/m0/s1. The Morgan fingerprint density at radius 1 is 1.28 bits per heavy atom. The third kappa shape index (κ3) is 5.28. The SMILES string of the molecule is Cc1cnc(C(C)(C)C)cc1C(=O)NCC[C@H](O)c1ccc(Cl)cc1. The number of amides is 1. The molecule has 0 bridgehead atoms. The third-order valence-corrected chi connectivity index (χ3v) is 4.33. The Labute approximate surface area is 154 Å². The zero-order valence-corrected chi connectivity index (χ0v) is 15.9. The van der Waals surface area contributed by atoms with Crippen molar-refractivity contribution in [2.24, 2.45) is 0 Å². The molecule has 1 aromatic carbocycles. The summed E-state index contributed by atoms with van der Waals surface area (Å²) in [4.78, 5) is 16.9. The van der Waals surface area contributed by atoms with Crippen LogP contribution in [0.1, 0.15) is 60.5 Å². The lowest BCUT2D eigenvalue weighted by molar-refractivity contribution is 0.0941. The number of halogens is 1. The van der Waals surface area contributed by atoms with Gasteiger partial charge in [0.05, 0.1) is 6.10 Å². The summed E-state index contributed by atoms with van der Waals surface area (Å²) in [5, 5.41) is 13.7. The number of hydrogen-bond acceptors (Lipinski definition) is 3. The van der Waals surface area contributed by atoms with Crippen LogP contribution in [0.5, 0.6) is 0 Å². The van der Waals surface area contributed by atoms with Crippen LogP contribution in [0.25, 0.3) is 0 Å². The topological polar surface area (TPSA) is 62.2 Å². The molecule has 4 nitrogen and oxygen atoms in total. The maximum atomic E-state index is 12.5. The molecule has 0 unspecified atom stereocenters. The van der Waals surface area contributed by atoms with Crippen molar-refractivity contribution >= 4 is 17.5 Å². The Balaban J connectivity index is 1.97. The summed E-state index contributed by atoms with van der Waals surface area (Å²) in [5.74, 6) is -0.145. The molecule has 0 fully saturated rings. The number of pyridine rings is 1. The second-order valence-electron chi connectivity index (χ2n) is 7.25. The fourth-order valence-corrected chi connectivity index (χ4v) is 2.57. The number of nitrogens with one attached hydrogen (secondary N) is 1. The number of rotatable bonds is 5. The molecular weight excluding hydrogens is 336 g/mol. The van der Waals surface area contributed by atoms with Gasteiger partial charge in [0, 0.05) is 34.4 Å². The monoisotopic (exact) mass is 360 g/mol. The summed E-state index contributed by atoms with van der Waals surface area (Å²) >= 11 is 5.85. The summed E-state index contributed by atoms with van der Waals surface area (Å²) < 4.78 is 0. The lowest BCUT2D eigenvalue weighted by Crippen LogP contribution is -2.27. The number of carbonyl (C=O) groups is 1. The Kier molecular flexibility index (Phi) is 6.20. The van der Waals surface area contributed by atoms with Crippen LogP contribution in [-0.2, 0) is 5.41 Å². The Morgan fingerprint density at radius 3 is 2.52 bits per heavy atom. The number of aromatic nitrogens is 1. The average Bonchev–Trinajstić information content (AvgIpc) is 2.54. The van der Waals surface area contributed by atoms with Gasteiger partial charge in [0.1, 0.15) is 0 Å². The largest absolute Gasteiger partial charge is 0.388 e. The smallest absolute Gasteiger partial charge is 0.251 e. The highest BCUT2D eigenvalue weighted by atomic mass is 35.5. The van der Waals surface area contributed by atoms with Crippen molar-refractivity contribution in [3.05, 3.63) is 63.9 Å². The van der Waals surface area contributed by atoms with E-state index in [2.05, 4.69) is 31.1 Å². The predicted octanol–water partition coefficient (Wildman–Crippen LogP) is 4.19. The number of aliphatic hydroxyl groups excluding tert-OH is 1. The molecule has 1 aromatic heterocycles. The van der Waals surface area contributed by atoms with Gasteiger partial charge in [0.15, 0.2) is 0 Å². The zero-order chi connectivity index (χ0) is 18.6.